The molecule has 7 nitrogen and oxygen atoms in total. The topological polar surface area (TPSA) is 99.9 Å². The van der Waals surface area contributed by atoms with E-state index in [0.29, 0.717) is 9.70 Å². The predicted octanol–water partition coefficient (Wildman–Crippen LogP) is 5.27. The quantitative estimate of drug-likeness (QED) is 0.576. The number of alkyl halides is 3. The molecular weight excluding hydrogens is 425 g/mol. The second-order valence-electron chi connectivity index (χ2n) is 5.63. The van der Waals surface area contributed by atoms with E-state index in [1.54, 1.807) is 0 Å². The molecule has 30 heavy (non-hydrogen) atoms. The molecule has 11 heteroatoms. The highest BCUT2D eigenvalue weighted by molar-refractivity contribution is 7.22. The molecule has 0 aliphatic carbocycles. The van der Waals surface area contributed by atoms with Gasteiger partial charge in [0.25, 0.3) is 0 Å². The van der Waals surface area contributed by atoms with Crippen LogP contribution < -0.4 is 15.8 Å². The Hall–Kier alpha value is -3.34. The largest absolute Gasteiger partial charge is 0.477 e. The van der Waals surface area contributed by atoms with Crippen molar-refractivity contribution in [2.24, 2.45) is 0 Å². The highest BCUT2D eigenvalue weighted by atomic mass is 32.1. The van der Waals surface area contributed by atoms with E-state index in [1.807, 2.05) is 13.8 Å². The predicted molar refractivity (Wildman–Crippen MR) is 108 cm³/mol. The monoisotopic (exact) mass is 442 g/mol. The molecule has 0 saturated heterocycles. The van der Waals surface area contributed by atoms with Crippen LogP contribution in [0, 0.1) is 0 Å². The molecule has 0 aliphatic rings. The number of carboxylic acid groups (broad SMARTS) is 1. The van der Waals surface area contributed by atoms with Gasteiger partial charge in [0.15, 0.2) is 5.58 Å². The molecule has 0 spiro atoms. The average Bonchev–Trinajstić information content (AvgIpc) is 3.10. The van der Waals surface area contributed by atoms with Crippen LogP contribution in [0.4, 0.5) is 28.7 Å². The van der Waals surface area contributed by atoms with Crippen LogP contribution in [0.15, 0.2) is 45.6 Å². The van der Waals surface area contributed by atoms with Crippen LogP contribution in [0.3, 0.4) is 0 Å². The Balaban J connectivity index is 0.00000155. The Kier molecular flexibility index (Phi) is 6.88. The molecule has 0 aliphatic heterocycles. The van der Waals surface area contributed by atoms with Crippen molar-refractivity contribution in [1.82, 2.24) is 0 Å². The van der Waals surface area contributed by atoms with Crippen LogP contribution in [-0.4, -0.2) is 24.2 Å². The molecule has 0 bridgehead atoms. The normalized spacial score (nSPS) is 10.9. The zero-order valence-electron chi connectivity index (χ0n) is 16.0. The van der Waals surface area contributed by atoms with Gasteiger partial charge in [0.2, 0.25) is 0 Å². The number of nitrogens with one attached hydrogen (secondary N) is 1. The number of hydrogen-bond donors (Lipinski definition) is 2. The van der Waals surface area contributed by atoms with E-state index < -0.39 is 34.9 Å². The lowest BCUT2D eigenvalue weighted by Crippen LogP contribution is -2.30. The van der Waals surface area contributed by atoms with Gasteiger partial charge in [-0.2, -0.15) is 13.2 Å². The first-order chi connectivity index (χ1) is 14.1. The van der Waals surface area contributed by atoms with Crippen LogP contribution >= 0.6 is 11.3 Å². The summed E-state index contributed by atoms with van der Waals surface area (Å²) in [7, 11) is 1.40. The van der Waals surface area contributed by atoms with Crippen LogP contribution in [-0.2, 0) is 6.18 Å². The van der Waals surface area contributed by atoms with Crippen molar-refractivity contribution in [1.29, 1.82) is 0 Å². The summed E-state index contributed by atoms with van der Waals surface area (Å²) in [5.74, 6) is -1.43. The van der Waals surface area contributed by atoms with Crippen molar-refractivity contribution < 1.29 is 32.3 Å². The number of thiophene rings is 1. The summed E-state index contributed by atoms with van der Waals surface area (Å²) in [5.41, 5.74) is -2.11. The summed E-state index contributed by atoms with van der Waals surface area (Å²) in [6.45, 7) is 4.00. The van der Waals surface area contributed by atoms with E-state index in [2.05, 4.69) is 5.32 Å². The molecule has 0 radical (unpaired) electrons. The van der Waals surface area contributed by atoms with E-state index in [4.69, 9.17) is 9.52 Å². The molecule has 0 atom stereocenters. The van der Waals surface area contributed by atoms with Crippen LogP contribution in [0.25, 0.3) is 10.3 Å². The van der Waals surface area contributed by atoms with Crippen molar-refractivity contribution in [3.63, 3.8) is 0 Å². The van der Waals surface area contributed by atoms with Gasteiger partial charge in [-0.1, -0.05) is 13.8 Å². The number of amides is 2. The van der Waals surface area contributed by atoms with Gasteiger partial charge in [0.05, 0.1) is 10.3 Å². The van der Waals surface area contributed by atoms with Crippen molar-refractivity contribution in [2.45, 2.75) is 20.0 Å². The molecule has 2 aromatic heterocycles. The van der Waals surface area contributed by atoms with Gasteiger partial charge >= 0.3 is 23.8 Å². The van der Waals surface area contributed by atoms with E-state index in [-0.39, 0.29) is 11.3 Å². The Morgan fingerprint density at radius 3 is 2.27 bits per heavy atom. The lowest BCUT2D eigenvalue weighted by atomic mass is 10.2. The molecule has 3 aromatic rings. The van der Waals surface area contributed by atoms with Crippen LogP contribution in [0.5, 0.6) is 0 Å². The molecule has 0 fully saturated rings. The zero-order valence-corrected chi connectivity index (χ0v) is 16.9. The number of urea groups is 1. The first-order valence-electron chi connectivity index (χ1n) is 8.59. The van der Waals surface area contributed by atoms with Gasteiger partial charge < -0.3 is 14.8 Å². The Labute approximate surface area is 172 Å². The summed E-state index contributed by atoms with van der Waals surface area (Å²) in [6.07, 6.45) is -4.48. The fourth-order valence-electron chi connectivity index (χ4n) is 2.27. The maximum atomic E-state index is 12.6. The summed E-state index contributed by atoms with van der Waals surface area (Å²) in [5, 5.41) is 11.7. The Morgan fingerprint density at radius 2 is 1.73 bits per heavy atom. The number of benzene rings is 1. The molecule has 0 saturated carbocycles. The van der Waals surface area contributed by atoms with Gasteiger partial charge in [-0.15, -0.1) is 11.3 Å². The second kappa shape index (κ2) is 8.99. The minimum Gasteiger partial charge on any atom is -0.477 e. The maximum absolute atomic E-state index is 12.6. The molecule has 2 amide bonds. The smallest absolute Gasteiger partial charge is 0.416 e. The molecule has 3 rings (SSSR count). The standard InChI is InChI=1S/C17H11F3N2O5S.C2H6/c1-22(16(26)21-9-4-2-8(3-5-9)17(18,19)20)13-7-11-12(28-13)6-10(14(23)24)15(25)27-11;1-2/h2-7H,1H3,(H,21,26)(H,23,24);1-2H3. The summed E-state index contributed by atoms with van der Waals surface area (Å²) in [6, 6.07) is 5.83. The number of nitrogens with zero attached hydrogens (tertiary/aromatic N) is 1. The van der Waals surface area contributed by atoms with Gasteiger partial charge in [-0.25, -0.2) is 14.4 Å². The molecule has 1 aromatic carbocycles. The molecule has 2 N–H and O–H groups in total. The number of fused-ring (bicyclic) bond motifs is 1. The van der Waals surface area contributed by atoms with Crippen molar-refractivity contribution in [3.05, 3.63) is 57.9 Å². The number of anilines is 2. The number of hydrogen-bond acceptors (Lipinski definition) is 5. The molecular formula is C19H17F3N2O5S. The number of aromatic carboxylic acids is 1. The third-order valence-electron chi connectivity index (χ3n) is 3.74. The third kappa shape index (κ3) is 4.98. The molecule has 160 valence electrons. The van der Waals surface area contributed by atoms with Gasteiger partial charge in [0.1, 0.15) is 10.6 Å². The van der Waals surface area contributed by atoms with Crippen molar-refractivity contribution >= 4 is 44.3 Å². The van der Waals surface area contributed by atoms with Gasteiger partial charge in [-0.05, 0) is 30.3 Å². The van der Waals surface area contributed by atoms with Crippen molar-refractivity contribution in [3.8, 4) is 0 Å². The fourth-order valence-corrected chi connectivity index (χ4v) is 3.25. The number of carboxylic acids is 1. The van der Waals surface area contributed by atoms with E-state index in [0.717, 1.165) is 46.6 Å². The fraction of sp³-hybridized carbons (Fsp3) is 0.211. The molecule has 2 heterocycles. The summed E-state index contributed by atoms with van der Waals surface area (Å²) in [4.78, 5) is 36.1. The lowest BCUT2D eigenvalue weighted by molar-refractivity contribution is -0.137. The summed E-state index contributed by atoms with van der Waals surface area (Å²) < 4.78 is 43.0. The summed E-state index contributed by atoms with van der Waals surface area (Å²) >= 11 is 1.01. The third-order valence-corrected chi connectivity index (χ3v) is 4.88. The average molecular weight is 442 g/mol. The first-order valence-corrected chi connectivity index (χ1v) is 9.41. The second-order valence-corrected chi connectivity index (χ2v) is 6.69. The van der Waals surface area contributed by atoms with Gasteiger partial charge in [0, 0.05) is 18.8 Å². The van der Waals surface area contributed by atoms with Crippen molar-refractivity contribution in [2.75, 3.05) is 17.3 Å². The lowest BCUT2D eigenvalue weighted by Gasteiger charge is -2.16. The number of carbonyl (C=O) groups excluding carboxylic acids is 1. The Bertz CT molecular complexity index is 1120. The van der Waals surface area contributed by atoms with E-state index in [1.165, 1.54) is 13.1 Å². The first kappa shape index (κ1) is 22.9. The highest BCUT2D eigenvalue weighted by Gasteiger charge is 2.30. The SMILES string of the molecule is CC.CN(C(=O)Nc1ccc(C(F)(F)F)cc1)c1cc2oc(=O)c(C(=O)O)cc2s1. The minimum atomic E-state index is -4.48. The van der Waals surface area contributed by atoms with Gasteiger partial charge in [-0.3, -0.25) is 4.90 Å². The number of halogens is 3. The van der Waals surface area contributed by atoms with E-state index in [9.17, 15) is 27.6 Å². The van der Waals surface area contributed by atoms with E-state index >= 15 is 0 Å². The minimum absolute atomic E-state index is 0.115. The number of rotatable bonds is 3. The highest BCUT2D eigenvalue weighted by Crippen LogP contribution is 2.33. The van der Waals surface area contributed by atoms with Crippen LogP contribution in [0.1, 0.15) is 29.8 Å². The Morgan fingerprint density at radius 1 is 1.13 bits per heavy atom. The number of carbonyl (C=O) groups is 2. The maximum Gasteiger partial charge on any atom is 0.416 e. The molecule has 0 unspecified atom stereocenters. The van der Waals surface area contributed by atoms with Crippen LogP contribution in [0.2, 0.25) is 0 Å². The zero-order chi connectivity index (χ0) is 22.6.